The smallest absolute Gasteiger partial charge is 0.305 e. The van der Waals surface area contributed by atoms with E-state index in [4.69, 9.17) is 15.3 Å². The van der Waals surface area contributed by atoms with Crippen molar-refractivity contribution in [3.8, 4) is 0 Å². The first kappa shape index (κ1) is 10.8. The van der Waals surface area contributed by atoms with Gasteiger partial charge in [-0.2, -0.15) is 0 Å². The Morgan fingerprint density at radius 1 is 1.64 bits per heavy atom. The Hall–Kier alpha value is -1.29. The van der Waals surface area contributed by atoms with Crippen LogP contribution in [0.1, 0.15) is 31.8 Å². The Morgan fingerprint density at radius 3 is 2.71 bits per heavy atom. The summed E-state index contributed by atoms with van der Waals surface area (Å²) in [6, 6.07) is 3.56. The third-order valence-corrected chi connectivity index (χ3v) is 2.09. The summed E-state index contributed by atoms with van der Waals surface area (Å²) in [6.45, 7) is 3.62. The molecular weight excluding hydrogens is 182 g/mol. The molecule has 4 nitrogen and oxygen atoms in total. The fourth-order valence-electron chi connectivity index (χ4n) is 1.28. The van der Waals surface area contributed by atoms with Gasteiger partial charge < -0.3 is 15.3 Å². The maximum Gasteiger partial charge on any atom is 0.305 e. The van der Waals surface area contributed by atoms with Crippen LogP contribution in [0.25, 0.3) is 0 Å². The average molecular weight is 197 g/mol. The zero-order valence-corrected chi connectivity index (χ0v) is 8.41. The van der Waals surface area contributed by atoms with Crippen molar-refractivity contribution in [1.82, 2.24) is 0 Å². The summed E-state index contributed by atoms with van der Waals surface area (Å²) in [6.07, 6.45) is 0.646. The van der Waals surface area contributed by atoms with Gasteiger partial charge in [-0.25, -0.2) is 0 Å². The normalized spacial score (nSPS) is 15.1. The molecule has 0 bridgehead atoms. The molecule has 78 valence electrons. The minimum atomic E-state index is -0.931. The molecule has 0 aliphatic heterocycles. The SMILES string of the molecule is CCc1ccc(C(C)(N)CC(=O)O)o1. The fraction of sp³-hybridized carbons (Fsp3) is 0.500. The standard InChI is InChI=1S/C10H15NO3/c1-3-7-4-5-8(14-7)10(2,11)6-9(12)13/h4-5H,3,6,11H2,1-2H3,(H,12,13). The minimum Gasteiger partial charge on any atom is -0.481 e. The summed E-state index contributed by atoms with van der Waals surface area (Å²) in [7, 11) is 0. The molecule has 0 amide bonds. The number of hydrogen-bond donors (Lipinski definition) is 2. The number of hydrogen-bond acceptors (Lipinski definition) is 3. The molecule has 0 aliphatic rings. The zero-order valence-electron chi connectivity index (χ0n) is 8.41. The average Bonchev–Trinajstić information content (AvgIpc) is 2.49. The molecule has 0 fully saturated rings. The van der Waals surface area contributed by atoms with Crippen molar-refractivity contribution in [2.75, 3.05) is 0 Å². The second kappa shape index (κ2) is 3.84. The van der Waals surface area contributed by atoms with E-state index in [0.29, 0.717) is 5.76 Å². The van der Waals surface area contributed by atoms with Gasteiger partial charge in [-0.05, 0) is 19.1 Å². The van der Waals surface area contributed by atoms with Crippen LogP contribution in [-0.2, 0) is 16.8 Å². The van der Waals surface area contributed by atoms with E-state index in [0.717, 1.165) is 12.2 Å². The Morgan fingerprint density at radius 2 is 2.29 bits per heavy atom. The molecule has 0 radical (unpaired) electrons. The van der Waals surface area contributed by atoms with Crippen LogP contribution in [-0.4, -0.2) is 11.1 Å². The highest BCUT2D eigenvalue weighted by molar-refractivity contribution is 5.68. The van der Waals surface area contributed by atoms with Crippen molar-refractivity contribution in [2.24, 2.45) is 5.73 Å². The maximum absolute atomic E-state index is 10.5. The van der Waals surface area contributed by atoms with Gasteiger partial charge in [-0.3, -0.25) is 4.79 Å². The van der Waals surface area contributed by atoms with Crippen LogP contribution in [0.3, 0.4) is 0 Å². The van der Waals surface area contributed by atoms with Crippen LogP contribution >= 0.6 is 0 Å². The van der Waals surface area contributed by atoms with E-state index in [1.54, 1.807) is 13.0 Å². The Bertz CT molecular complexity index is 328. The van der Waals surface area contributed by atoms with Gasteiger partial charge in [-0.15, -0.1) is 0 Å². The van der Waals surface area contributed by atoms with Crippen LogP contribution in [0.5, 0.6) is 0 Å². The Labute approximate surface area is 82.7 Å². The predicted octanol–water partition coefficient (Wildman–Crippen LogP) is 1.49. The third-order valence-electron chi connectivity index (χ3n) is 2.09. The van der Waals surface area contributed by atoms with Crippen molar-refractivity contribution in [3.63, 3.8) is 0 Å². The van der Waals surface area contributed by atoms with Gasteiger partial charge >= 0.3 is 5.97 Å². The van der Waals surface area contributed by atoms with Crippen LogP contribution in [0.4, 0.5) is 0 Å². The first-order valence-electron chi connectivity index (χ1n) is 4.55. The van der Waals surface area contributed by atoms with Crippen molar-refractivity contribution >= 4 is 5.97 Å². The molecule has 1 aromatic heterocycles. The van der Waals surface area contributed by atoms with E-state index in [-0.39, 0.29) is 6.42 Å². The van der Waals surface area contributed by atoms with Gasteiger partial charge in [-0.1, -0.05) is 6.92 Å². The molecule has 1 rings (SSSR count). The highest BCUT2D eigenvalue weighted by atomic mass is 16.4. The van der Waals surface area contributed by atoms with Crippen LogP contribution in [0.15, 0.2) is 16.5 Å². The van der Waals surface area contributed by atoms with Crippen LogP contribution in [0, 0.1) is 0 Å². The summed E-state index contributed by atoms with van der Waals surface area (Å²) in [5.74, 6) is 0.420. The molecule has 4 heteroatoms. The number of aliphatic carboxylic acids is 1. The molecular formula is C10H15NO3. The Kier molecular flexibility index (Phi) is 2.96. The molecule has 1 heterocycles. The van der Waals surface area contributed by atoms with E-state index < -0.39 is 11.5 Å². The quantitative estimate of drug-likeness (QED) is 0.766. The molecule has 0 spiro atoms. The number of carboxylic acids is 1. The number of aryl methyl sites for hydroxylation is 1. The van der Waals surface area contributed by atoms with E-state index in [1.165, 1.54) is 0 Å². The second-order valence-corrected chi connectivity index (χ2v) is 3.61. The number of furan rings is 1. The Balaban J connectivity index is 2.85. The second-order valence-electron chi connectivity index (χ2n) is 3.61. The summed E-state index contributed by atoms with van der Waals surface area (Å²) < 4.78 is 5.41. The predicted molar refractivity (Wildman–Crippen MR) is 51.9 cm³/mol. The minimum absolute atomic E-state index is 0.135. The number of nitrogens with two attached hydrogens (primary N) is 1. The van der Waals surface area contributed by atoms with Crippen LogP contribution in [0.2, 0.25) is 0 Å². The molecule has 0 saturated heterocycles. The largest absolute Gasteiger partial charge is 0.481 e. The van der Waals surface area contributed by atoms with Gasteiger partial charge in [0.15, 0.2) is 0 Å². The fourth-order valence-corrected chi connectivity index (χ4v) is 1.28. The number of carbonyl (C=O) groups is 1. The van der Waals surface area contributed by atoms with Gasteiger partial charge in [0.25, 0.3) is 0 Å². The molecule has 14 heavy (non-hydrogen) atoms. The molecule has 3 N–H and O–H groups in total. The van der Waals surface area contributed by atoms with E-state index >= 15 is 0 Å². The lowest BCUT2D eigenvalue weighted by molar-refractivity contribution is -0.138. The first-order valence-corrected chi connectivity index (χ1v) is 4.55. The molecule has 0 saturated carbocycles. The molecule has 0 aliphatic carbocycles. The highest BCUT2D eigenvalue weighted by Gasteiger charge is 2.28. The van der Waals surface area contributed by atoms with Crippen molar-refractivity contribution < 1.29 is 14.3 Å². The third kappa shape index (κ3) is 2.35. The highest BCUT2D eigenvalue weighted by Crippen LogP contribution is 2.23. The van der Waals surface area contributed by atoms with E-state index in [1.807, 2.05) is 13.0 Å². The zero-order chi connectivity index (χ0) is 10.8. The van der Waals surface area contributed by atoms with Gasteiger partial charge in [0.05, 0.1) is 12.0 Å². The first-order chi connectivity index (χ1) is 6.45. The summed E-state index contributed by atoms with van der Waals surface area (Å²) in [4.78, 5) is 10.5. The number of rotatable bonds is 4. The monoisotopic (exact) mass is 197 g/mol. The summed E-state index contributed by atoms with van der Waals surface area (Å²) in [5.41, 5.74) is 4.90. The van der Waals surface area contributed by atoms with Crippen molar-refractivity contribution in [2.45, 2.75) is 32.2 Å². The number of carboxylic acid groups (broad SMARTS) is 1. The lowest BCUT2D eigenvalue weighted by atomic mass is 9.96. The molecule has 1 unspecified atom stereocenters. The molecule has 1 aromatic rings. The lowest BCUT2D eigenvalue weighted by Crippen LogP contribution is -2.35. The van der Waals surface area contributed by atoms with Crippen molar-refractivity contribution in [1.29, 1.82) is 0 Å². The maximum atomic E-state index is 10.5. The molecule has 0 aromatic carbocycles. The summed E-state index contributed by atoms with van der Waals surface area (Å²) in [5, 5.41) is 8.65. The van der Waals surface area contributed by atoms with E-state index in [9.17, 15) is 4.79 Å². The van der Waals surface area contributed by atoms with Gasteiger partial charge in [0.2, 0.25) is 0 Å². The molecule has 1 atom stereocenters. The summed E-state index contributed by atoms with van der Waals surface area (Å²) >= 11 is 0. The van der Waals surface area contributed by atoms with Gasteiger partial charge in [0, 0.05) is 6.42 Å². The lowest BCUT2D eigenvalue weighted by Gasteiger charge is -2.19. The van der Waals surface area contributed by atoms with Crippen LogP contribution < -0.4 is 5.73 Å². The topological polar surface area (TPSA) is 76.5 Å². The van der Waals surface area contributed by atoms with Crippen molar-refractivity contribution in [3.05, 3.63) is 23.7 Å². The van der Waals surface area contributed by atoms with E-state index in [2.05, 4.69) is 0 Å². The van der Waals surface area contributed by atoms with Gasteiger partial charge in [0.1, 0.15) is 11.5 Å².